The largest absolute Gasteiger partial charge is 0.456 e. The van der Waals surface area contributed by atoms with Crippen molar-refractivity contribution in [2.75, 3.05) is 7.11 Å². The van der Waals surface area contributed by atoms with Gasteiger partial charge in [-0.3, -0.25) is 4.79 Å². The van der Waals surface area contributed by atoms with E-state index in [4.69, 9.17) is 23.7 Å². The van der Waals surface area contributed by atoms with Crippen LogP contribution < -0.4 is 5.32 Å². The van der Waals surface area contributed by atoms with E-state index in [1.54, 1.807) is 39.1 Å². The zero-order chi connectivity index (χ0) is 32.8. The van der Waals surface area contributed by atoms with Crippen LogP contribution in [0.15, 0.2) is 42.1 Å². The Morgan fingerprint density at radius 3 is 2.56 bits per heavy atom. The van der Waals surface area contributed by atoms with Crippen molar-refractivity contribution in [2.45, 2.75) is 96.2 Å². The van der Waals surface area contributed by atoms with Crippen LogP contribution >= 0.6 is 0 Å². The predicted octanol–water partition coefficient (Wildman–Crippen LogP) is 2.48. The lowest BCUT2D eigenvalue weighted by molar-refractivity contribution is -0.180. The standard InChI is InChI=1S/C33H44N2O10/c1-15(2)35-29(37)32(40)42-19(6)26-16(3)13-17(4)33-20(14-23(41-7)31(39)43-26)10-11-21-24(33)25(36)18(5)27(28(21)45-33)44-30(38)22-9-8-12-34-22/h8-13,15-16,18-21,23-28,34,36H,14H2,1-7H3,(H,35,37)/b17-13+/t16-,18-,19-,20-,21?,23+,24?,25-,26+,27-,28-,33+/m1/s1. The summed E-state index contributed by atoms with van der Waals surface area (Å²) in [7, 11) is 1.42. The van der Waals surface area contributed by atoms with Gasteiger partial charge in [0, 0.05) is 48.9 Å². The molecule has 3 N–H and O–H groups in total. The van der Waals surface area contributed by atoms with E-state index < -0.39 is 83.8 Å². The summed E-state index contributed by atoms with van der Waals surface area (Å²) in [5, 5.41) is 14.4. The number of hydrogen-bond acceptors (Lipinski definition) is 10. The summed E-state index contributed by atoms with van der Waals surface area (Å²) in [5.41, 5.74) is 0.0626. The van der Waals surface area contributed by atoms with E-state index in [0.29, 0.717) is 5.69 Å². The first kappa shape index (κ1) is 32.9. The fourth-order valence-electron chi connectivity index (χ4n) is 7.74. The van der Waals surface area contributed by atoms with Gasteiger partial charge in [0.25, 0.3) is 0 Å². The van der Waals surface area contributed by atoms with Gasteiger partial charge in [0.15, 0.2) is 6.10 Å². The average molecular weight is 629 g/mol. The number of amides is 1. The lowest BCUT2D eigenvalue weighted by atomic mass is 9.57. The molecule has 1 saturated heterocycles. The molecule has 45 heavy (non-hydrogen) atoms. The molecule has 2 aliphatic carbocycles. The van der Waals surface area contributed by atoms with E-state index >= 15 is 0 Å². The second-order valence-electron chi connectivity index (χ2n) is 13.1. The maximum atomic E-state index is 13.5. The highest BCUT2D eigenvalue weighted by Gasteiger charge is 2.69. The molecule has 4 aliphatic rings. The Balaban J connectivity index is 1.50. The van der Waals surface area contributed by atoms with Crippen molar-refractivity contribution >= 4 is 23.8 Å². The molecule has 5 rings (SSSR count). The van der Waals surface area contributed by atoms with Crippen molar-refractivity contribution in [1.29, 1.82) is 0 Å². The number of methoxy groups -OCH3 is 1. The minimum Gasteiger partial charge on any atom is -0.456 e. The fourth-order valence-corrected chi connectivity index (χ4v) is 7.74. The van der Waals surface area contributed by atoms with Crippen molar-refractivity contribution in [3.05, 3.63) is 47.8 Å². The smallest absolute Gasteiger partial charge is 0.397 e. The van der Waals surface area contributed by atoms with E-state index in [9.17, 15) is 24.3 Å². The van der Waals surface area contributed by atoms with Gasteiger partial charge in [-0.2, -0.15) is 0 Å². The average Bonchev–Trinajstić information content (AvgIpc) is 3.59. The molecule has 3 heterocycles. The molecule has 4 bridgehead atoms. The van der Waals surface area contributed by atoms with Gasteiger partial charge < -0.3 is 39.1 Å². The normalized spacial score (nSPS) is 39.1. The van der Waals surface area contributed by atoms with Crippen LogP contribution in [0.1, 0.15) is 58.5 Å². The van der Waals surface area contributed by atoms with Crippen molar-refractivity contribution in [3.8, 4) is 0 Å². The summed E-state index contributed by atoms with van der Waals surface area (Å²) in [5.74, 6) is -5.10. The molecule has 12 heteroatoms. The first-order chi connectivity index (χ1) is 21.3. The molecule has 0 aromatic carbocycles. The highest BCUT2D eigenvalue weighted by Crippen LogP contribution is 2.61. The van der Waals surface area contributed by atoms with Crippen LogP contribution in [-0.4, -0.2) is 89.3 Å². The number of esters is 3. The SMILES string of the molecule is CO[C@H]1C[C@H]2C=CC3C4[C@H](O)[C@@H](C)[C@@H](OC(=O)c5ccc[nH]5)[C@@H]3O[C@]42/C(C)=C/[C@@H](C)[C@@H]([C@@H](C)OC(=O)C(=O)NC(C)C)OC1=O. The molecule has 1 aromatic heterocycles. The molecule has 0 radical (unpaired) electrons. The molecule has 12 atom stereocenters. The number of aromatic nitrogens is 1. The molecule has 1 spiro atoms. The number of H-pyrrole nitrogens is 1. The number of aliphatic hydroxyl groups excluding tert-OH is 1. The summed E-state index contributed by atoms with van der Waals surface area (Å²) in [4.78, 5) is 54.2. The van der Waals surface area contributed by atoms with Crippen molar-refractivity contribution in [2.24, 2.45) is 29.6 Å². The Labute approximate surface area is 262 Å². The monoisotopic (exact) mass is 628 g/mol. The Morgan fingerprint density at radius 1 is 1.18 bits per heavy atom. The molecule has 2 aliphatic heterocycles. The van der Waals surface area contributed by atoms with Gasteiger partial charge in [-0.15, -0.1) is 0 Å². The molecule has 1 amide bonds. The zero-order valence-electron chi connectivity index (χ0n) is 26.7. The topological polar surface area (TPSA) is 162 Å². The number of carbonyl (C=O) groups excluding carboxylic acids is 4. The molecule has 246 valence electrons. The first-order valence-corrected chi connectivity index (χ1v) is 15.6. The van der Waals surface area contributed by atoms with Crippen LogP contribution in [0, 0.1) is 29.6 Å². The minimum atomic E-state index is -1.08. The predicted molar refractivity (Wildman–Crippen MR) is 159 cm³/mol. The second kappa shape index (κ2) is 12.7. The summed E-state index contributed by atoms with van der Waals surface area (Å²) in [6, 6.07) is 3.07. The molecule has 1 saturated carbocycles. The molecule has 1 aromatic rings. The van der Waals surface area contributed by atoms with Gasteiger partial charge in [-0.05, 0) is 51.8 Å². The van der Waals surface area contributed by atoms with E-state index in [1.807, 2.05) is 39.0 Å². The van der Waals surface area contributed by atoms with Crippen LogP contribution in [0.5, 0.6) is 0 Å². The number of nitrogens with one attached hydrogen (secondary N) is 2. The number of ether oxygens (including phenoxy) is 5. The van der Waals surface area contributed by atoms with Crippen LogP contribution in [0.4, 0.5) is 0 Å². The molecular formula is C33H44N2O10. The zero-order valence-corrected chi connectivity index (χ0v) is 26.7. The Kier molecular flexibility index (Phi) is 9.30. The Bertz CT molecular complexity index is 1350. The first-order valence-electron chi connectivity index (χ1n) is 15.6. The van der Waals surface area contributed by atoms with Gasteiger partial charge in [-0.25, -0.2) is 14.4 Å². The summed E-state index contributed by atoms with van der Waals surface area (Å²) >= 11 is 0. The highest BCUT2D eigenvalue weighted by atomic mass is 16.6. The highest BCUT2D eigenvalue weighted by molar-refractivity contribution is 6.32. The minimum absolute atomic E-state index is 0.188. The van der Waals surface area contributed by atoms with E-state index in [0.717, 1.165) is 5.57 Å². The summed E-state index contributed by atoms with van der Waals surface area (Å²) < 4.78 is 30.0. The number of rotatable bonds is 6. The lowest BCUT2D eigenvalue weighted by Crippen LogP contribution is -2.57. The van der Waals surface area contributed by atoms with Gasteiger partial charge in [0.2, 0.25) is 0 Å². The van der Waals surface area contributed by atoms with Crippen molar-refractivity contribution in [3.63, 3.8) is 0 Å². The van der Waals surface area contributed by atoms with E-state index in [-0.39, 0.29) is 24.3 Å². The van der Waals surface area contributed by atoms with Gasteiger partial charge in [0.05, 0.1) is 6.10 Å². The van der Waals surface area contributed by atoms with Crippen LogP contribution in [-0.2, 0) is 38.1 Å². The Morgan fingerprint density at radius 2 is 1.91 bits per heavy atom. The van der Waals surface area contributed by atoms with Gasteiger partial charge >= 0.3 is 23.8 Å². The summed E-state index contributed by atoms with van der Waals surface area (Å²) in [6.45, 7) is 10.6. The van der Waals surface area contributed by atoms with Gasteiger partial charge in [-0.1, -0.05) is 32.1 Å². The maximum Gasteiger partial charge on any atom is 0.397 e. The molecule has 2 fully saturated rings. The third-order valence-electron chi connectivity index (χ3n) is 9.82. The summed E-state index contributed by atoms with van der Waals surface area (Å²) in [6.07, 6.45) is 2.65. The van der Waals surface area contributed by atoms with E-state index in [2.05, 4.69) is 10.3 Å². The number of hydrogen-bond donors (Lipinski definition) is 3. The number of aliphatic hydroxyl groups is 1. The number of aromatic amines is 1. The van der Waals surface area contributed by atoms with Crippen LogP contribution in [0.2, 0.25) is 0 Å². The molecule has 2 unspecified atom stereocenters. The van der Waals surface area contributed by atoms with Crippen molar-refractivity contribution in [1.82, 2.24) is 10.3 Å². The van der Waals surface area contributed by atoms with Gasteiger partial charge in [0.1, 0.15) is 35.7 Å². The van der Waals surface area contributed by atoms with E-state index in [1.165, 1.54) is 7.11 Å². The second-order valence-corrected chi connectivity index (χ2v) is 13.1. The quantitative estimate of drug-likeness (QED) is 0.185. The third-order valence-corrected chi connectivity index (χ3v) is 9.82. The maximum absolute atomic E-state index is 13.5. The molecule has 12 nitrogen and oxygen atoms in total. The van der Waals surface area contributed by atoms with Crippen LogP contribution in [0.3, 0.4) is 0 Å². The lowest BCUT2D eigenvalue weighted by Gasteiger charge is -2.48. The fraction of sp³-hybridized carbons (Fsp3) is 0.636. The molecular weight excluding hydrogens is 584 g/mol. The number of cyclic esters (lactones) is 1. The Hall–Kier alpha value is -3.48. The number of carbonyl (C=O) groups is 4. The van der Waals surface area contributed by atoms with Crippen LogP contribution in [0.25, 0.3) is 0 Å². The van der Waals surface area contributed by atoms with Crippen molar-refractivity contribution < 1.29 is 48.0 Å². The third kappa shape index (κ3) is 5.83.